The number of nitrogens with two attached hydrogens (primary N) is 1. The van der Waals surface area contributed by atoms with Gasteiger partial charge in [-0.25, -0.2) is 4.98 Å². The van der Waals surface area contributed by atoms with Gasteiger partial charge in [-0.15, -0.1) is 0 Å². The second-order valence-electron chi connectivity index (χ2n) is 4.62. The molecule has 0 spiro atoms. The number of hydrogen-bond acceptors (Lipinski definition) is 4. The van der Waals surface area contributed by atoms with E-state index in [0.717, 1.165) is 17.7 Å². The third kappa shape index (κ3) is 3.71. The van der Waals surface area contributed by atoms with Gasteiger partial charge in [0.15, 0.2) is 11.5 Å². The summed E-state index contributed by atoms with van der Waals surface area (Å²) < 4.78 is 11.4. The highest BCUT2D eigenvalue weighted by Crippen LogP contribution is 2.30. The van der Waals surface area contributed by atoms with Crippen LogP contribution in [0.15, 0.2) is 42.6 Å². The van der Waals surface area contributed by atoms with Gasteiger partial charge < -0.3 is 15.2 Å². The fourth-order valence-electron chi connectivity index (χ4n) is 1.70. The maximum atomic E-state index is 5.79. The van der Waals surface area contributed by atoms with Crippen LogP contribution in [0.5, 0.6) is 17.4 Å². The van der Waals surface area contributed by atoms with Gasteiger partial charge in [-0.1, -0.05) is 25.1 Å². The van der Waals surface area contributed by atoms with Crippen LogP contribution in [-0.2, 0) is 0 Å². The van der Waals surface area contributed by atoms with E-state index in [2.05, 4.69) is 11.9 Å². The predicted molar refractivity (Wildman–Crippen MR) is 79.1 cm³/mol. The molecule has 1 atom stereocenters. The first-order valence-electron chi connectivity index (χ1n) is 6.82. The van der Waals surface area contributed by atoms with Gasteiger partial charge >= 0.3 is 0 Å². The number of pyridine rings is 1. The summed E-state index contributed by atoms with van der Waals surface area (Å²) in [5.41, 5.74) is 6.77. The molecule has 2 N–H and O–H groups in total. The average Bonchev–Trinajstić information content (AvgIpc) is 2.47. The number of aromatic nitrogens is 1. The predicted octanol–water partition coefficient (Wildman–Crippen LogP) is 3.68. The molecule has 0 radical (unpaired) electrons. The maximum Gasteiger partial charge on any atom is 0.219 e. The van der Waals surface area contributed by atoms with Gasteiger partial charge in [0.25, 0.3) is 0 Å². The van der Waals surface area contributed by atoms with Crippen LogP contribution in [0.2, 0.25) is 0 Å². The largest absolute Gasteiger partial charge is 0.490 e. The fourth-order valence-corrected chi connectivity index (χ4v) is 1.70. The molecule has 2 aromatic rings. The summed E-state index contributed by atoms with van der Waals surface area (Å²) in [7, 11) is 0. The van der Waals surface area contributed by atoms with E-state index in [4.69, 9.17) is 15.2 Å². The second-order valence-corrected chi connectivity index (χ2v) is 4.62. The number of hydrogen-bond donors (Lipinski definition) is 1. The van der Waals surface area contributed by atoms with Crippen LogP contribution < -0.4 is 15.2 Å². The van der Waals surface area contributed by atoms with Gasteiger partial charge in [-0.2, -0.15) is 0 Å². The Morgan fingerprint density at radius 3 is 2.50 bits per heavy atom. The van der Waals surface area contributed by atoms with Crippen molar-refractivity contribution >= 4 is 0 Å². The van der Waals surface area contributed by atoms with Crippen LogP contribution in [0.25, 0.3) is 0 Å². The molecule has 0 bridgehead atoms. The van der Waals surface area contributed by atoms with Crippen LogP contribution in [0, 0.1) is 0 Å². The molecule has 0 fully saturated rings. The van der Waals surface area contributed by atoms with Crippen LogP contribution in [0.1, 0.15) is 31.9 Å². The lowest BCUT2D eigenvalue weighted by Crippen LogP contribution is -2.05. The molecule has 0 amide bonds. The average molecular weight is 272 g/mol. The molecule has 1 aromatic carbocycles. The minimum absolute atomic E-state index is 0.0308. The summed E-state index contributed by atoms with van der Waals surface area (Å²) in [6.07, 6.45) is 2.69. The van der Waals surface area contributed by atoms with Gasteiger partial charge in [0, 0.05) is 18.3 Å². The monoisotopic (exact) mass is 272 g/mol. The van der Waals surface area contributed by atoms with Crippen molar-refractivity contribution < 1.29 is 9.47 Å². The van der Waals surface area contributed by atoms with E-state index in [1.54, 1.807) is 6.20 Å². The van der Waals surface area contributed by atoms with Gasteiger partial charge in [-0.05, 0) is 31.0 Å². The summed E-state index contributed by atoms with van der Waals surface area (Å²) in [6, 6.07) is 11.3. The Bertz CT molecular complexity index is 538. The van der Waals surface area contributed by atoms with Gasteiger partial charge in [-0.3, -0.25) is 0 Å². The summed E-state index contributed by atoms with van der Waals surface area (Å²) in [5, 5.41) is 0. The first-order chi connectivity index (χ1) is 9.70. The molecule has 0 saturated carbocycles. The normalized spacial score (nSPS) is 11.9. The van der Waals surface area contributed by atoms with E-state index < -0.39 is 0 Å². The minimum atomic E-state index is -0.0308. The minimum Gasteiger partial charge on any atom is -0.490 e. The van der Waals surface area contributed by atoms with E-state index in [-0.39, 0.29) is 6.04 Å². The molecule has 0 saturated heterocycles. The third-order valence-electron chi connectivity index (χ3n) is 2.81. The van der Waals surface area contributed by atoms with Crippen LogP contribution in [-0.4, -0.2) is 11.6 Å². The van der Waals surface area contributed by atoms with Crippen molar-refractivity contribution in [3.63, 3.8) is 0 Å². The summed E-state index contributed by atoms with van der Waals surface area (Å²) >= 11 is 0. The van der Waals surface area contributed by atoms with Crippen molar-refractivity contribution in [3.8, 4) is 17.4 Å². The molecule has 0 aliphatic heterocycles. The number of nitrogens with zero attached hydrogens (tertiary/aromatic N) is 1. The zero-order valence-corrected chi connectivity index (χ0v) is 11.9. The number of para-hydroxylation sites is 2. The lowest BCUT2D eigenvalue weighted by Gasteiger charge is -2.12. The molecule has 0 aliphatic rings. The Kier molecular flexibility index (Phi) is 4.96. The molecular weight excluding hydrogens is 252 g/mol. The Balaban J connectivity index is 2.13. The van der Waals surface area contributed by atoms with E-state index in [1.165, 1.54) is 0 Å². The SMILES string of the molecule is CCCOc1ccccc1Oc1ccc([C@@H](C)N)cn1. The molecule has 20 heavy (non-hydrogen) atoms. The zero-order chi connectivity index (χ0) is 14.4. The highest BCUT2D eigenvalue weighted by molar-refractivity contribution is 5.41. The Morgan fingerprint density at radius 2 is 1.90 bits per heavy atom. The molecule has 1 heterocycles. The highest BCUT2D eigenvalue weighted by Gasteiger charge is 2.07. The lowest BCUT2D eigenvalue weighted by atomic mass is 10.2. The summed E-state index contributed by atoms with van der Waals surface area (Å²) in [6.45, 7) is 4.65. The fraction of sp³-hybridized carbons (Fsp3) is 0.312. The Morgan fingerprint density at radius 1 is 1.15 bits per heavy atom. The third-order valence-corrected chi connectivity index (χ3v) is 2.81. The van der Waals surface area contributed by atoms with E-state index in [9.17, 15) is 0 Å². The molecule has 0 aliphatic carbocycles. The van der Waals surface area contributed by atoms with Crippen LogP contribution >= 0.6 is 0 Å². The number of benzene rings is 1. The topological polar surface area (TPSA) is 57.4 Å². The first-order valence-corrected chi connectivity index (χ1v) is 6.82. The van der Waals surface area contributed by atoms with E-state index in [0.29, 0.717) is 18.2 Å². The quantitative estimate of drug-likeness (QED) is 0.871. The number of rotatable bonds is 6. The molecule has 4 heteroatoms. The highest BCUT2D eigenvalue weighted by atomic mass is 16.5. The van der Waals surface area contributed by atoms with Crippen LogP contribution in [0.4, 0.5) is 0 Å². The molecular formula is C16H20N2O2. The molecule has 0 unspecified atom stereocenters. The van der Waals surface area contributed by atoms with Crippen molar-refractivity contribution in [2.45, 2.75) is 26.3 Å². The Labute approximate surface area is 119 Å². The molecule has 4 nitrogen and oxygen atoms in total. The van der Waals surface area contributed by atoms with E-state index >= 15 is 0 Å². The van der Waals surface area contributed by atoms with Crippen molar-refractivity contribution in [1.82, 2.24) is 4.98 Å². The van der Waals surface area contributed by atoms with Gasteiger partial charge in [0.2, 0.25) is 5.88 Å². The van der Waals surface area contributed by atoms with Crippen molar-refractivity contribution in [2.24, 2.45) is 5.73 Å². The Hall–Kier alpha value is -2.07. The van der Waals surface area contributed by atoms with Gasteiger partial charge in [0.1, 0.15) is 0 Å². The zero-order valence-electron chi connectivity index (χ0n) is 11.9. The first kappa shape index (κ1) is 14.3. The van der Waals surface area contributed by atoms with E-state index in [1.807, 2.05) is 43.3 Å². The molecule has 1 aromatic heterocycles. The molecule has 106 valence electrons. The van der Waals surface area contributed by atoms with Crippen molar-refractivity contribution in [3.05, 3.63) is 48.2 Å². The summed E-state index contributed by atoms with van der Waals surface area (Å²) in [4.78, 5) is 4.26. The molecule has 2 rings (SSSR count). The van der Waals surface area contributed by atoms with Gasteiger partial charge in [0.05, 0.1) is 6.61 Å². The van der Waals surface area contributed by atoms with Crippen molar-refractivity contribution in [2.75, 3.05) is 6.61 Å². The number of ether oxygens (including phenoxy) is 2. The smallest absolute Gasteiger partial charge is 0.219 e. The lowest BCUT2D eigenvalue weighted by molar-refractivity contribution is 0.301. The maximum absolute atomic E-state index is 5.79. The summed E-state index contributed by atoms with van der Waals surface area (Å²) in [5.74, 6) is 1.93. The van der Waals surface area contributed by atoms with Crippen molar-refractivity contribution in [1.29, 1.82) is 0 Å². The van der Waals surface area contributed by atoms with Crippen LogP contribution in [0.3, 0.4) is 0 Å². The second kappa shape index (κ2) is 6.91. The standard InChI is InChI=1S/C16H20N2O2/c1-3-10-19-14-6-4-5-7-15(14)20-16-9-8-13(11-18-16)12(2)17/h4-9,11-12H,3,10,17H2,1-2H3/t12-/m1/s1.